The van der Waals surface area contributed by atoms with Crippen molar-refractivity contribution in [3.05, 3.63) is 56.7 Å². The summed E-state index contributed by atoms with van der Waals surface area (Å²) in [6.07, 6.45) is 1.43. The minimum absolute atomic E-state index is 0.307. The average molecular weight is 308 g/mol. The topological polar surface area (TPSA) is 74.8 Å². The van der Waals surface area contributed by atoms with Crippen LogP contribution in [0.1, 0.15) is 16.1 Å². The fraction of sp³-hybridized carbons (Fsp3) is 0.0833. The number of carbonyl (C=O) groups excluding carboxylic acids is 1. The summed E-state index contributed by atoms with van der Waals surface area (Å²) in [4.78, 5) is 29.6. The molecule has 0 radical (unpaired) electrons. The normalized spacial score (nSPS) is 10.1. The lowest BCUT2D eigenvalue weighted by molar-refractivity contribution is 0.102. The van der Waals surface area contributed by atoms with Crippen LogP contribution in [0.15, 0.2) is 39.9 Å². The molecular weight excluding hydrogens is 298 g/mol. The molecule has 0 aromatic carbocycles. The van der Waals surface area contributed by atoms with E-state index in [1.54, 1.807) is 25.1 Å². The molecule has 92 valence electrons. The quantitative estimate of drug-likeness (QED) is 0.834. The standard InChI is InChI=1S/C12H10BrN3O2/c1-7-9(2-3-10(13)15-7)16-12(18)8-4-5-14-11(17)6-8/h2-6H,1H3,(H,14,17)(H,16,18). The third-order valence-corrected chi connectivity index (χ3v) is 2.78. The van der Waals surface area contributed by atoms with Gasteiger partial charge in [-0.2, -0.15) is 0 Å². The van der Waals surface area contributed by atoms with Crippen LogP contribution < -0.4 is 10.9 Å². The molecule has 0 aliphatic rings. The number of aromatic amines is 1. The van der Waals surface area contributed by atoms with Crippen molar-refractivity contribution in [2.24, 2.45) is 0 Å². The van der Waals surface area contributed by atoms with Gasteiger partial charge in [0.15, 0.2) is 0 Å². The van der Waals surface area contributed by atoms with Crippen LogP contribution in [0.2, 0.25) is 0 Å². The van der Waals surface area contributed by atoms with E-state index in [1.807, 2.05) is 0 Å². The summed E-state index contributed by atoms with van der Waals surface area (Å²) >= 11 is 3.25. The fourth-order valence-electron chi connectivity index (χ4n) is 1.44. The summed E-state index contributed by atoms with van der Waals surface area (Å²) in [6.45, 7) is 1.79. The highest BCUT2D eigenvalue weighted by molar-refractivity contribution is 9.10. The lowest BCUT2D eigenvalue weighted by Gasteiger charge is -2.07. The van der Waals surface area contributed by atoms with E-state index in [-0.39, 0.29) is 11.5 Å². The lowest BCUT2D eigenvalue weighted by atomic mass is 10.2. The van der Waals surface area contributed by atoms with E-state index < -0.39 is 0 Å². The number of aromatic nitrogens is 2. The molecule has 0 aliphatic heterocycles. The number of pyridine rings is 2. The molecular formula is C12H10BrN3O2. The first-order valence-electron chi connectivity index (χ1n) is 5.19. The van der Waals surface area contributed by atoms with Crippen LogP contribution in [0.25, 0.3) is 0 Å². The van der Waals surface area contributed by atoms with Gasteiger partial charge in [0, 0.05) is 17.8 Å². The second-order valence-electron chi connectivity index (χ2n) is 3.66. The largest absolute Gasteiger partial charge is 0.329 e. The SMILES string of the molecule is Cc1nc(Br)ccc1NC(=O)c1cc[nH]c(=O)c1. The third-order valence-electron chi connectivity index (χ3n) is 2.34. The Morgan fingerprint density at radius 1 is 1.39 bits per heavy atom. The maximum Gasteiger partial charge on any atom is 0.255 e. The van der Waals surface area contributed by atoms with Gasteiger partial charge in [0.2, 0.25) is 5.56 Å². The highest BCUT2D eigenvalue weighted by atomic mass is 79.9. The minimum atomic E-state index is -0.340. The van der Waals surface area contributed by atoms with Crippen LogP contribution in [-0.2, 0) is 0 Å². The van der Waals surface area contributed by atoms with Crippen molar-refractivity contribution in [3.63, 3.8) is 0 Å². The molecule has 18 heavy (non-hydrogen) atoms. The number of halogens is 1. The number of aryl methyl sites for hydroxylation is 1. The Morgan fingerprint density at radius 3 is 2.83 bits per heavy atom. The summed E-state index contributed by atoms with van der Waals surface area (Å²) < 4.78 is 0.703. The minimum Gasteiger partial charge on any atom is -0.329 e. The number of hydrogen-bond donors (Lipinski definition) is 2. The summed E-state index contributed by atoms with van der Waals surface area (Å²) in [5.41, 5.74) is 1.31. The molecule has 2 aromatic rings. The summed E-state index contributed by atoms with van der Waals surface area (Å²) in [5.74, 6) is -0.340. The van der Waals surface area contributed by atoms with Crippen LogP contribution in [0.3, 0.4) is 0 Å². The predicted molar refractivity (Wildman–Crippen MR) is 71.7 cm³/mol. The summed E-state index contributed by atoms with van der Waals surface area (Å²) in [5, 5.41) is 2.71. The van der Waals surface area contributed by atoms with E-state index in [0.29, 0.717) is 21.5 Å². The number of nitrogens with one attached hydrogen (secondary N) is 2. The molecule has 0 bridgehead atoms. The van der Waals surface area contributed by atoms with E-state index in [4.69, 9.17) is 0 Å². The van der Waals surface area contributed by atoms with Gasteiger partial charge < -0.3 is 10.3 Å². The molecule has 0 atom stereocenters. The van der Waals surface area contributed by atoms with Crippen LogP contribution >= 0.6 is 15.9 Å². The van der Waals surface area contributed by atoms with Crippen molar-refractivity contribution in [1.82, 2.24) is 9.97 Å². The Balaban J connectivity index is 2.24. The Bertz CT molecular complexity index is 652. The number of amides is 1. The van der Waals surface area contributed by atoms with Crippen molar-refractivity contribution in [3.8, 4) is 0 Å². The first-order valence-corrected chi connectivity index (χ1v) is 5.99. The highest BCUT2D eigenvalue weighted by Crippen LogP contribution is 2.16. The summed E-state index contributed by atoms with van der Waals surface area (Å²) in [6, 6.07) is 6.27. The monoisotopic (exact) mass is 307 g/mol. The van der Waals surface area contributed by atoms with Gasteiger partial charge in [0.05, 0.1) is 11.4 Å². The van der Waals surface area contributed by atoms with Crippen molar-refractivity contribution >= 4 is 27.5 Å². The Kier molecular flexibility index (Phi) is 3.57. The highest BCUT2D eigenvalue weighted by Gasteiger charge is 2.08. The second kappa shape index (κ2) is 5.14. The van der Waals surface area contributed by atoms with Gasteiger partial charge >= 0.3 is 0 Å². The van der Waals surface area contributed by atoms with Gasteiger partial charge in [-0.1, -0.05) is 0 Å². The Labute approximate surface area is 111 Å². The van der Waals surface area contributed by atoms with Crippen molar-refractivity contribution in [2.45, 2.75) is 6.92 Å². The van der Waals surface area contributed by atoms with Crippen LogP contribution in [0.5, 0.6) is 0 Å². The van der Waals surface area contributed by atoms with Gasteiger partial charge in [-0.25, -0.2) is 4.98 Å². The number of hydrogen-bond acceptors (Lipinski definition) is 3. The molecule has 2 heterocycles. The molecule has 0 fully saturated rings. The van der Waals surface area contributed by atoms with E-state index in [1.165, 1.54) is 12.3 Å². The molecule has 0 spiro atoms. The number of rotatable bonds is 2. The van der Waals surface area contributed by atoms with Gasteiger partial charge in [0.25, 0.3) is 5.91 Å². The number of nitrogens with zero attached hydrogens (tertiary/aromatic N) is 1. The van der Waals surface area contributed by atoms with E-state index in [9.17, 15) is 9.59 Å². The molecule has 6 heteroatoms. The average Bonchev–Trinajstić information content (AvgIpc) is 2.32. The fourth-order valence-corrected chi connectivity index (χ4v) is 1.84. The lowest BCUT2D eigenvalue weighted by Crippen LogP contribution is -2.16. The molecule has 0 aliphatic carbocycles. The molecule has 5 nitrogen and oxygen atoms in total. The number of anilines is 1. The molecule has 1 amide bonds. The molecule has 2 N–H and O–H groups in total. The smallest absolute Gasteiger partial charge is 0.255 e. The molecule has 0 saturated carbocycles. The van der Waals surface area contributed by atoms with Gasteiger partial charge in [-0.15, -0.1) is 0 Å². The van der Waals surface area contributed by atoms with Crippen molar-refractivity contribution in [1.29, 1.82) is 0 Å². The van der Waals surface area contributed by atoms with Crippen molar-refractivity contribution in [2.75, 3.05) is 5.32 Å². The van der Waals surface area contributed by atoms with E-state index >= 15 is 0 Å². The zero-order valence-electron chi connectivity index (χ0n) is 9.53. The number of carbonyl (C=O) groups is 1. The van der Waals surface area contributed by atoms with Gasteiger partial charge in [-0.05, 0) is 41.1 Å². The number of H-pyrrole nitrogens is 1. The first kappa shape index (κ1) is 12.5. The van der Waals surface area contributed by atoms with Crippen molar-refractivity contribution < 1.29 is 4.79 Å². The Hall–Kier alpha value is -1.95. The maximum absolute atomic E-state index is 11.9. The Morgan fingerprint density at radius 2 is 2.17 bits per heavy atom. The van der Waals surface area contributed by atoms with Crippen LogP contribution in [-0.4, -0.2) is 15.9 Å². The molecule has 0 saturated heterocycles. The summed E-state index contributed by atoms with van der Waals surface area (Å²) in [7, 11) is 0. The second-order valence-corrected chi connectivity index (χ2v) is 4.48. The third kappa shape index (κ3) is 2.84. The van der Waals surface area contributed by atoms with Crippen LogP contribution in [0, 0.1) is 6.92 Å². The zero-order chi connectivity index (χ0) is 13.1. The van der Waals surface area contributed by atoms with E-state index in [2.05, 4.69) is 31.2 Å². The molecule has 0 unspecified atom stereocenters. The van der Waals surface area contributed by atoms with E-state index in [0.717, 1.165) is 0 Å². The van der Waals surface area contributed by atoms with Gasteiger partial charge in [-0.3, -0.25) is 9.59 Å². The first-order chi connectivity index (χ1) is 8.56. The van der Waals surface area contributed by atoms with Gasteiger partial charge in [0.1, 0.15) is 4.60 Å². The zero-order valence-corrected chi connectivity index (χ0v) is 11.1. The van der Waals surface area contributed by atoms with Crippen LogP contribution in [0.4, 0.5) is 5.69 Å². The molecule has 2 rings (SSSR count). The molecule has 2 aromatic heterocycles. The predicted octanol–water partition coefficient (Wildman–Crippen LogP) is 2.09. The maximum atomic E-state index is 11.9.